The zero-order chi connectivity index (χ0) is 13.3. The maximum atomic E-state index is 12.1. The van der Waals surface area contributed by atoms with Crippen molar-refractivity contribution in [2.75, 3.05) is 6.61 Å². The minimum absolute atomic E-state index is 0.0551. The maximum absolute atomic E-state index is 12.1. The van der Waals surface area contributed by atoms with Crippen molar-refractivity contribution in [3.8, 4) is 0 Å². The summed E-state index contributed by atoms with van der Waals surface area (Å²) in [4.78, 5) is 12.1. The topological polar surface area (TPSA) is 66.8 Å². The summed E-state index contributed by atoms with van der Waals surface area (Å²) < 4.78 is 5.26. The van der Waals surface area contributed by atoms with Gasteiger partial charge in [-0.05, 0) is 18.8 Å². The number of cyclic esters (lactones) is 1. The van der Waals surface area contributed by atoms with Crippen molar-refractivity contribution in [2.45, 2.75) is 45.8 Å². The summed E-state index contributed by atoms with van der Waals surface area (Å²) in [6, 6.07) is 0. The van der Waals surface area contributed by atoms with E-state index in [1.807, 2.05) is 20.8 Å². The van der Waals surface area contributed by atoms with Crippen molar-refractivity contribution in [1.82, 2.24) is 0 Å². The molecule has 18 heavy (non-hydrogen) atoms. The van der Waals surface area contributed by atoms with Crippen LogP contribution in [0.5, 0.6) is 0 Å². The monoisotopic (exact) mass is 254 g/mol. The van der Waals surface area contributed by atoms with Gasteiger partial charge in [-0.15, -0.1) is 0 Å². The summed E-state index contributed by atoms with van der Waals surface area (Å²) in [6.45, 7) is 6.46. The van der Waals surface area contributed by atoms with Gasteiger partial charge in [-0.2, -0.15) is 0 Å². The summed E-state index contributed by atoms with van der Waals surface area (Å²) in [6.07, 6.45) is 0.101. The number of rotatable bonds is 1. The van der Waals surface area contributed by atoms with Crippen LogP contribution in [0.3, 0.4) is 0 Å². The first-order valence-electron chi connectivity index (χ1n) is 6.88. The first-order chi connectivity index (χ1) is 8.35. The van der Waals surface area contributed by atoms with Crippen molar-refractivity contribution in [3.05, 3.63) is 0 Å². The van der Waals surface area contributed by atoms with Gasteiger partial charge < -0.3 is 14.9 Å². The number of carbonyl (C=O) groups excluding carboxylic acids is 1. The molecule has 4 aliphatic rings. The molecule has 102 valence electrons. The fourth-order valence-corrected chi connectivity index (χ4v) is 4.86. The average Bonchev–Trinajstić information content (AvgIpc) is 2.71. The molecule has 4 heteroatoms. The molecule has 0 aromatic carbocycles. The second-order valence-corrected chi connectivity index (χ2v) is 6.88. The summed E-state index contributed by atoms with van der Waals surface area (Å²) in [7, 11) is 0. The number of aliphatic hydroxyl groups is 2. The van der Waals surface area contributed by atoms with E-state index >= 15 is 0 Å². The van der Waals surface area contributed by atoms with Gasteiger partial charge in [0.2, 0.25) is 0 Å². The number of fused-ring (bicyclic) bond motifs is 2. The third-order valence-corrected chi connectivity index (χ3v) is 6.18. The predicted molar refractivity (Wildman–Crippen MR) is 64.6 cm³/mol. The average molecular weight is 254 g/mol. The van der Waals surface area contributed by atoms with Crippen molar-refractivity contribution < 1.29 is 19.7 Å². The van der Waals surface area contributed by atoms with E-state index in [1.165, 1.54) is 0 Å². The quantitative estimate of drug-likeness (QED) is 0.684. The van der Waals surface area contributed by atoms with Crippen LogP contribution in [-0.2, 0) is 9.53 Å². The van der Waals surface area contributed by atoms with Crippen LogP contribution >= 0.6 is 0 Å². The zero-order valence-corrected chi connectivity index (χ0v) is 11.2. The molecule has 0 spiro atoms. The van der Waals surface area contributed by atoms with Crippen LogP contribution in [0, 0.1) is 28.6 Å². The van der Waals surface area contributed by atoms with Gasteiger partial charge in [-0.1, -0.05) is 20.8 Å². The van der Waals surface area contributed by atoms with Gasteiger partial charge in [0.1, 0.15) is 0 Å². The summed E-state index contributed by atoms with van der Waals surface area (Å²) in [5.41, 5.74) is -0.887. The Labute approximate surface area is 107 Å². The molecule has 4 rings (SSSR count). The molecule has 4 nitrogen and oxygen atoms in total. The van der Waals surface area contributed by atoms with E-state index in [0.29, 0.717) is 6.61 Å². The Hall–Kier alpha value is -0.610. The Morgan fingerprint density at radius 2 is 1.94 bits per heavy atom. The van der Waals surface area contributed by atoms with Gasteiger partial charge in [0.15, 0.2) is 0 Å². The number of esters is 1. The summed E-state index contributed by atoms with van der Waals surface area (Å²) in [5.74, 6) is -0.204. The fourth-order valence-electron chi connectivity index (χ4n) is 4.86. The number of hydrogen-bond acceptors (Lipinski definition) is 4. The highest BCUT2D eigenvalue weighted by Gasteiger charge is 2.71. The first-order valence-corrected chi connectivity index (χ1v) is 6.88. The predicted octanol–water partition coefficient (Wildman–Crippen LogP) is 0.954. The number of ether oxygens (including phenoxy) is 1. The van der Waals surface area contributed by atoms with Gasteiger partial charge in [0.25, 0.3) is 0 Å². The van der Waals surface area contributed by atoms with E-state index in [1.54, 1.807) is 0 Å². The lowest BCUT2D eigenvalue weighted by molar-refractivity contribution is -0.252. The van der Waals surface area contributed by atoms with Gasteiger partial charge in [0, 0.05) is 16.7 Å². The van der Waals surface area contributed by atoms with E-state index in [9.17, 15) is 15.0 Å². The minimum Gasteiger partial charge on any atom is -0.465 e. The normalized spacial score (nSPS) is 54.7. The molecule has 3 aliphatic carbocycles. The molecule has 1 saturated heterocycles. The molecule has 1 aliphatic heterocycles. The van der Waals surface area contributed by atoms with Gasteiger partial charge >= 0.3 is 5.97 Å². The van der Waals surface area contributed by atoms with E-state index in [0.717, 1.165) is 12.8 Å². The Bertz CT molecular complexity index is 393. The molecule has 2 bridgehead atoms. The SMILES string of the molecule is CC(C)C12CCC(C)(C(O)C1O)C1COC(=O)C12. The Morgan fingerprint density at radius 3 is 2.56 bits per heavy atom. The number of hydrogen-bond donors (Lipinski definition) is 2. The Morgan fingerprint density at radius 1 is 1.28 bits per heavy atom. The largest absolute Gasteiger partial charge is 0.465 e. The highest BCUT2D eigenvalue weighted by molar-refractivity contribution is 5.77. The van der Waals surface area contributed by atoms with Crippen LogP contribution in [0.25, 0.3) is 0 Å². The van der Waals surface area contributed by atoms with E-state index < -0.39 is 17.6 Å². The molecule has 2 N–H and O–H groups in total. The van der Waals surface area contributed by atoms with Crippen LogP contribution in [0.4, 0.5) is 0 Å². The van der Waals surface area contributed by atoms with E-state index in [2.05, 4.69) is 0 Å². The third kappa shape index (κ3) is 1.12. The molecule has 6 unspecified atom stereocenters. The smallest absolute Gasteiger partial charge is 0.310 e. The van der Waals surface area contributed by atoms with Crippen molar-refractivity contribution >= 4 is 5.97 Å². The lowest BCUT2D eigenvalue weighted by Gasteiger charge is -2.63. The molecule has 4 fully saturated rings. The van der Waals surface area contributed by atoms with Crippen LogP contribution < -0.4 is 0 Å². The fraction of sp³-hybridized carbons (Fsp3) is 0.929. The highest BCUT2D eigenvalue weighted by atomic mass is 16.5. The molecule has 0 aromatic heterocycles. The van der Waals surface area contributed by atoms with Crippen LogP contribution in [0.2, 0.25) is 0 Å². The van der Waals surface area contributed by atoms with Crippen LogP contribution in [0.1, 0.15) is 33.6 Å². The van der Waals surface area contributed by atoms with Crippen LogP contribution in [-0.4, -0.2) is 35.0 Å². The molecule has 3 saturated carbocycles. The van der Waals surface area contributed by atoms with Gasteiger partial charge in [0.05, 0.1) is 24.7 Å². The molecule has 6 atom stereocenters. The Kier molecular flexibility index (Phi) is 2.40. The second-order valence-electron chi connectivity index (χ2n) is 6.88. The van der Waals surface area contributed by atoms with Crippen LogP contribution in [0.15, 0.2) is 0 Å². The molecule has 0 radical (unpaired) electrons. The highest BCUT2D eigenvalue weighted by Crippen LogP contribution is 2.66. The lowest BCUT2D eigenvalue weighted by atomic mass is 9.41. The first kappa shape index (κ1) is 12.4. The third-order valence-electron chi connectivity index (χ3n) is 6.18. The zero-order valence-electron chi connectivity index (χ0n) is 11.2. The van der Waals surface area contributed by atoms with Crippen molar-refractivity contribution in [1.29, 1.82) is 0 Å². The maximum Gasteiger partial charge on any atom is 0.310 e. The standard InChI is InChI=1S/C14H22O4/c1-7(2)14-5-4-13(3,10(15)11(14)16)8-6-18-12(17)9(8)14/h7-11,15-16H,4-6H2,1-3H3. The molecule has 1 heterocycles. The number of aliphatic hydroxyl groups excluding tert-OH is 2. The van der Waals surface area contributed by atoms with Gasteiger partial charge in [-0.3, -0.25) is 4.79 Å². The second kappa shape index (κ2) is 3.48. The van der Waals surface area contributed by atoms with Crippen molar-refractivity contribution in [3.63, 3.8) is 0 Å². The summed E-state index contributed by atoms with van der Waals surface area (Å²) in [5, 5.41) is 21.0. The molecule has 0 amide bonds. The summed E-state index contributed by atoms with van der Waals surface area (Å²) >= 11 is 0. The van der Waals surface area contributed by atoms with Crippen molar-refractivity contribution in [2.24, 2.45) is 28.6 Å². The number of carbonyl (C=O) groups is 1. The van der Waals surface area contributed by atoms with Gasteiger partial charge in [-0.25, -0.2) is 0 Å². The van der Waals surface area contributed by atoms with E-state index in [-0.39, 0.29) is 29.1 Å². The van der Waals surface area contributed by atoms with E-state index in [4.69, 9.17) is 4.74 Å². The minimum atomic E-state index is -0.817. The molecule has 0 aromatic rings. The Balaban J connectivity index is 2.15. The molecular weight excluding hydrogens is 232 g/mol. The molecular formula is C14H22O4. The lowest BCUT2D eigenvalue weighted by Crippen LogP contribution is -2.69.